The fourth-order valence-electron chi connectivity index (χ4n) is 1.68. The van der Waals surface area contributed by atoms with E-state index in [0.717, 1.165) is 0 Å². The molecule has 0 aliphatic carbocycles. The fourth-order valence-corrected chi connectivity index (χ4v) is 1.68. The van der Waals surface area contributed by atoms with Gasteiger partial charge in [0.15, 0.2) is 0 Å². The van der Waals surface area contributed by atoms with Crippen molar-refractivity contribution >= 4 is 0 Å². The zero-order valence-corrected chi connectivity index (χ0v) is 14.4. The first kappa shape index (κ1) is 16.4. The van der Waals surface area contributed by atoms with Crippen LogP contribution in [0.2, 0.25) is 0 Å². The van der Waals surface area contributed by atoms with Gasteiger partial charge in [-0.15, -0.1) is 0 Å². The zero-order chi connectivity index (χ0) is 9.80. The van der Waals surface area contributed by atoms with Crippen molar-refractivity contribution in [1.82, 2.24) is 0 Å². The molecule has 0 unspecified atom stereocenters. The topological polar surface area (TPSA) is 0 Å². The van der Waals surface area contributed by atoms with Gasteiger partial charge in [-0.05, 0) is 11.1 Å². The minimum absolute atomic E-state index is 0. The van der Waals surface area contributed by atoms with E-state index in [9.17, 15) is 0 Å². The Morgan fingerprint density at radius 1 is 0.688 bits per heavy atom. The second kappa shape index (κ2) is 8.52. The smallest absolute Gasteiger partial charge is 1.00 e. The van der Waals surface area contributed by atoms with Gasteiger partial charge < -0.3 is 2.85 Å². The average Bonchev–Trinajstić information content (AvgIpc) is 2.30. The first-order valence-corrected chi connectivity index (χ1v) is 4.98. The maximum atomic E-state index is 2.24. The molecular formula is C14H16Na2. The van der Waals surface area contributed by atoms with Crippen LogP contribution in [-0.2, 0) is 0 Å². The van der Waals surface area contributed by atoms with Gasteiger partial charge in [-0.25, -0.2) is 0 Å². The summed E-state index contributed by atoms with van der Waals surface area (Å²) in [7, 11) is 0. The Bertz CT molecular complexity index is 354. The van der Waals surface area contributed by atoms with E-state index < -0.39 is 0 Å². The molecule has 2 heteroatoms. The van der Waals surface area contributed by atoms with Crippen molar-refractivity contribution in [3.8, 4) is 0 Å². The Kier molecular flexibility index (Phi) is 8.75. The van der Waals surface area contributed by atoms with Crippen LogP contribution in [0.4, 0.5) is 0 Å². The molecule has 0 amide bonds. The van der Waals surface area contributed by atoms with Crippen molar-refractivity contribution in [2.45, 2.75) is 12.8 Å². The molecule has 0 fully saturated rings. The minimum atomic E-state index is 0. The molecule has 2 aromatic rings. The van der Waals surface area contributed by atoms with Gasteiger partial charge in [-0.3, -0.25) is 0 Å². The van der Waals surface area contributed by atoms with E-state index in [1.165, 1.54) is 11.1 Å². The summed E-state index contributed by atoms with van der Waals surface area (Å²) in [5.74, 6) is 0.484. The Morgan fingerprint density at radius 3 is 1.31 bits per heavy atom. The van der Waals surface area contributed by atoms with Gasteiger partial charge in [0.25, 0.3) is 0 Å². The van der Waals surface area contributed by atoms with Crippen LogP contribution in [0.3, 0.4) is 0 Å². The Labute approximate surface area is 145 Å². The van der Waals surface area contributed by atoms with Crippen LogP contribution < -0.4 is 59.1 Å². The third-order valence-corrected chi connectivity index (χ3v) is 2.60. The first-order valence-electron chi connectivity index (χ1n) is 4.98. The largest absolute Gasteiger partial charge is 1.00 e. The predicted octanol–water partition coefficient (Wildman–Crippen LogP) is -1.93. The molecule has 0 N–H and O–H groups in total. The van der Waals surface area contributed by atoms with Crippen molar-refractivity contribution < 1.29 is 62.0 Å². The molecule has 0 aromatic heterocycles. The molecule has 0 heterocycles. The monoisotopic (exact) mass is 230 g/mol. The van der Waals surface area contributed by atoms with Crippen molar-refractivity contribution in [2.24, 2.45) is 0 Å². The molecule has 0 bridgehead atoms. The summed E-state index contributed by atoms with van der Waals surface area (Å²) in [6.07, 6.45) is 0. The molecule has 0 saturated carbocycles. The molecule has 2 aromatic carbocycles. The van der Waals surface area contributed by atoms with Crippen LogP contribution in [0.5, 0.6) is 0 Å². The summed E-state index contributed by atoms with van der Waals surface area (Å²) in [5, 5.41) is 0. The molecule has 74 valence electrons. The van der Waals surface area contributed by atoms with Gasteiger partial charge in [0.05, 0.1) is 0 Å². The van der Waals surface area contributed by atoms with Crippen molar-refractivity contribution in [3.05, 3.63) is 71.8 Å². The maximum absolute atomic E-state index is 2.24. The van der Waals surface area contributed by atoms with Gasteiger partial charge >= 0.3 is 59.1 Å². The zero-order valence-electron chi connectivity index (χ0n) is 12.4. The van der Waals surface area contributed by atoms with Crippen molar-refractivity contribution in [2.75, 3.05) is 0 Å². The summed E-state index contributed by atoms with van der Waals surface area (Å²) in [6.45, 7) is 2.24. The Morgan fingerprint density at radius 2 is 1.00 bits per heavy atom. The van der Waals surface area contributed by atoms with E-state index in [1.807, 2.05) is 0 Å². The van der Waals surface area contributed by atoms with Crippen molar-refractivity contribution in [1.29, 1.82) is 0 Å². The second-order valence-corrected chi connectivity index (χ2v) is 3.54. The Balaban J connectivity index is -0.000000562. The molecule has 0 atom stereocenters. The van der Waals surface area contributed by atoms with Crippen LogP contribution in [0.25, 0.3) is 0 Å². The molecule has 0 aliphatic rings. The molecular weight excluding hydrogens is 214 g/mol. The standard InChI is InChI=1S/C14H14.2Na.2H/c1-12(13-8-4-2-5-9-13)14-10-6-3-7-11-14;;;;/h2-12H,1H3;;;;/q;2*+1;2*-1. The van der Waals surface area contributed by atoms with E-state index in [4.69, 9.17) is 0 Å². The molecule has 0 spiro atoms. The van der Waals surface area contributed by atoms with Crippen LogP contribution in [-0.4, -0.2) is 0 Å². The first-order chi connectivity index (χ1) is 6.88. The van der Waals surface area contributed by atoms with Gasteiger partial charge in [0.1, 0.15) is 0 Å². The van der Waals surface area contributed by atoms with Crippen LogP contribution in [0, 0.1) is 0 Å². The van der Waals surface area contributed by atoms with Gasteiger partial charge in [-0.2, -0.15) is 0 Å². The summed E-state index contributed by atoms with van der Waals surface area (Å²) in [5.41, 5.74) is 2.75. The molecule has 2 rings (SSSR count). The summed E-state index contributed by atoms with van der Waals surface area (Å²) >= 11 is 0. The number of hydrogen-bond acceptors (Lipinski definition) is 0. The number of hydrogen-bond donors (Lipinski definition) is 0. The molecule has 0 nitrogen and oxygen atoms in total. The van der Waals surface area contributed by atoms with Gasteiger partial charge in [-0.1, -0.05) is 67.6 Å². The van der Waals surface area contributed by atoms with Crippen LogP contribution >= 0.6 is 0 Å². The summed E-state index contributed by atoms with van der Waals surface area (Å²) in [6, 6.07) is 21.2. The third-order valence-electron chi connectivity index (χ3n) is 2.60. The van der Waals surface area contributed by atoms with E-state index in [0.29, 0.717) is 5.92 Å². The number of rotatable bonds is 2. The van der Waals surface area contributed by atoms with E-state index >= 15 is 0 Å². The molecule has 16 heavy (non-hydrogen) atoms. The maximum Gasteiger partial charge on any atom is 1.00 e. The fraction of sp³-hybridized carbons (Fsp3) is 0.143. The Hall–Kier alpha value is 0.440. The van der Waals surface area contributed by atoms with E-state index in [1.54, 1.807) is 0 Å². The summed E-state index contributed by atoms with van der Waals surface area (Å²) < 4.78 is 0. The SMILES string of the molecule is CC(c1ccccc1)c1ccccc1.[H-].[H-].[Na+].[Na+]. The van der Waals surface area contributed by atoms with Gasteiger partial charge in [0.2, 0.25) is 0 Å². The summed E-state index contributed by atoms with van der Waals surface area (Å²) in [4.78, 5) is 0. The third kappa shape index (κ3) is 4.37. The second-order valence-electron chi connectivity index (χ2n) is 3.54. The number of benzene rings is 2. The van der Waals surface area contributed by atoms with Crippen LogP contribution in [0.1, 0.15) is 26.8 Å². The minimum Gasteiger partial charge on any atom is -1.00 e. The quantitative estimate of drug-likeness (QED) is 0.527. The van der Waals surface area contributed by atoms with Crippen LogP contribution in [0.15, 0.2) is 60.7 Å². The molecule has 0 aliphatic heterocycles. The van der Waals surface area contributed by atoms with Crippen molar-refractivity contribution in [3.63, 3.8) is 0 Å². The van der Waals surface area contributed by atoms with Gasteiger partial charge in [0, 0.05) is 5.92 Å². The molecule has 0 saturated heterocycles. The average molecular weight is 230 g/mol. The normalized spacial score (nSPS) is 9.12. The van der Waals surface area contributed by atoms with E-state index in [-0.39, 0.29) is 62.0 Å². The predicted molar refractivity (Wildman–Crippen MR) is 62.6 cm³/mol. The van der Waals surface area contributed by atoms with E-state index in [2.05, 4.69) is 67.6 Å². The molecule has 0 radical (unpaired) electrons.